The number of rotatable bonds is 5. The highest BCUT2D eigenvalue weighted by atomic mass is 35.6. The molecule has 5 heteroatoms. The predicted octanol–water partition coefficient (Wildman–Crippen LogP) is 6.46. The van der Waals surface area contributed by atoms with Gasteiger partial charge in [-0.05, 0) is 51.1 Å². The van der Waals surface area contributed by atoms with Crippen molar-refractivity contribution in [2.24, 2.45) is 5.92 Å². The number of aliphatic hydroxyl groups is 2. The molecule has 0 saturated carbocycles. The van der Waals surface area contributed by atoms with Crippen LogP contribution in [-0.4, -0.2) is 27.2 Å². The second-order valence-electron chi connectivity index (χ2n) is 8.89. The lowest BCUT2D eigenvalue weighted by atomic mass is 9.55. The quantitative estimate of drug-likeness (QED) is 0.358. The molecule has 2 nitrogen and oxygen atoms in total. The molecule has 0 aliphatic heterocycles. The van der Waals surface area contributed by atoms with Crippen molar-refractivity contribution in [2.75, 3.05) is 13.2 Å². The summed E-state index contributed by atoms with van der Waals surface area (Å²) in [6.07, 6.45) is 7.23. The molecule has 0 bridgehead atoms. The van der Waals surface area contributed by atoms with Gasteiger partial charge >= 0.3 is 0 Å². The molecule has 2 aromatic carbocycles. The number of benzene rings is 2. The lowest BCUT2D eigenvalue weighted by molar-refractivity contribution is 0.0893. The van der Waals surface area contributed by atoms with Crippen LogP contribution in [0.4, 0.5) is 0 Å². The average Bonchev–Trinajstić information content (AvgIpc) is 3.47. The predicted molar refractivity (Wildman–Crippen MR) is 141 cm³/mol. The Hall–Kier alpha value is -2.29. The molecule has 0 aromatic heterocycles. The average molecular weight is 510 g/mol. The van der Waals surface area contributed by atoms with Crippen molar-refractivity contribution in [1.29, 1.82) is 0 Å². The molecule has 0 fully saturated rings. The SMILES string of the molecule is C=C/C=C1\C(=C)c2ccccc2C1(CO)C(C(Cl)(Cl)Cl)C1(CO)C2=CC=C=C2c2ccccc21. The topological polar surface area (TPSA) is 40.5 Å². The molecule has 0 radical (unpaired) electrons. The van der Waals surface area contributed by atoms with Crippen molar-refractivity contribution < 1.29 is 10.2 Å². The fourth-order valence-corrected chi connectivity index (χ4v) is 7.50. The molecular formula is C29H23Cl3O2. The first kappa shape index (κ1) is 23.5. The van der Waals surface area contributed by atoms with Crippen molar-refractivity contribution in [3.63, 3.8) is 0 Å². The number of allylic oxidation sites excluding steroid dienone is 5. The van der Waals surface area contributed by atoms with E-state index in [4.69, 9.17) is 34.8 Å². The summed E-state index contributed by atoms with van der Waals surface area (Å²) in [5.74, 6) is -0.905. The van der Waals surface area contributed by atoms with E-state index >= 15 is 0 Å². The first-order valence-electron chi connectivity index (χ1n) is 11.0. The summed E-state index contributed by atoms with van der Waals surface area (Å²) in [6.45, 7) is 7.54. The van der Waals surface area contributed by atoms with Crippen LogP contribution in [0.1, 0.15) is 22.3 Å². The van der Waals surface area contributed by atoms with Gasteiger partial charge in [-0.25, -0.2) is 0 Å². The molecular weight excluding hydrogens is 487 g/mol. The lowest BCUT2D eigenvalue weighted by Crippen LogP contribution is -2.57. The van der Waals surface area contributed by atoms with Gasteiger partial charge in [-0.15, -0.1) is 5.73 Å². The summed E-state index contributed by atoms with van der Waals surface area (Å²) in [5.41, 5.74) is 7.61. The maximum Gasteiger partial charge on any atom is 0.195 e. The van der Waals surface area contributed by atoms with Gasteiger partial charge in [0.1, 0.15) is 0 Å². The van der Waals surface area contributed by atoms with E-state index in [-0.39, 0.29) is 13.2 Å². The van der Waals surface area contributed by atoms with Gasteiger partial charge in [0.05, 0.1) is 24.0 Å². The summed E-state index contributed by atoms with van der Waals surface area (Å²) in [7, 11) is 0. The second-order valence-corrected chi connectivity index (χ2v) is 11.3. The molecule has 172 valence electrons. The number of hydrogen-bond acceptors (Lipinski definition) is 2. The van der Waals surface area contributed by atoms with Gasteiger partial charge in [0, 0.05) is 11.5 Å². The fraction of sp³-hybridized carbons (Fsp3) is 0.207. The van der Waals surface area contributed by atoms with Crippen molar-refractivity contribution in [3.05, 3.63) is 125 Å². The van der Waals surface area contributed by atoms with E-state index in [9.17, 15) is 10.2 Å². The van der Waals surface area contributed by atoms with Crippen LogP contribution in [0.2, 0.25) is 0 Å². The smallest absolute Gasteiger partial charge is 0.195 e. The number of hydrogen-bond donors (Lipinski definition) is 2. The number of halogens is 3. The Morgan fingerprint density at radius 1 is 0.941 bits per heavy atom. The number of aliphatic hydroxyl groups excluding tert-OH is 2. The van der Waals surface area contributed by atoms with Crippen LogP contribution in [0, 0.1) is 5.92 Å². The van der Waals surface area contributed by atoms with Crippen LogP contribution < -0.4 is 0 Å². The standard InChI is InChI=1S/C29H23Cl3O2/c1-3-9-22-18(2)19-10-4-6-13-23(19)27(22,16-33)26(29(30,31)32)28(17-34)24-14-7-5-11-20(24)21-12-8-15-25(21)28/h3-11,13-15,26,33-34H,1-2,16-17H2/b22-9+. The van der Waals surface area contributed by atoms with E-state index in [0.717, 1.165) is 44.5 Å². The van der Waals surface area contributed by atoms with E-state index in [0.29, 0.717) is 0 Å². The molecule has 0 heterocycles. The zero-order valence-corrected chi connectivity index (χ0v) is 20.6. The van der Waals surface area contributed by atoms with Gasteiger partial charge in [-0.2, -0.15) is 0 Å². The summed E-state index contributed by atoms with van der Waals surface area (Å²) in [6, 6.07) is 15.5. The Labute approximate surface area is 214 Å². The van der Waals surface area contributed by atoms with E-state index in [1.807, 2.05) is 66.8 Å². The molecule has 3 atom stereocenters. The Morgan fingerprint density at radius 2 is 1.53 bits per heavy atom. The summed E-state index contributed by atoms with van der Waals surface area (Å²) in [4.78, 5) is 0. The highest BCUT2D eigenvalue weighted by Gasteiger charge is 2.67. The largest absolute Gasteiger partial charge is 0.395 e. The second kappa shape index (κ2) is 8.14. The van der Waals surface area contributed by atoms with Crippen LogP contribution in [0.25, 0.3) is 11.1 Å². The Morgan fingerprint density at radius 3 is 2.12 bits per heavy atom. The van der Waals surface area contributed by atoms with Crippen molar-refractivity contribution in [3.8, 4) is 0 Å². The molecule has 3 aliphatic rings. The molecule has 3 unspecified atom stereocenters. The number of alkyl halides is 3. The van der Waals surface area contributed by atoms with Gasteiger partial charge < -0.3 is 10.2 Å². The third-order valence-corrected chi connectivity index (χ3v) is 8.19. The maximum atomic E-state index is 11.2. The highest BCUT2D eigenvalue weighted by molar-refractivity contribution is 6.68. The molecule has 0 amide bonds. The summed E-state index contributed by atoms with van der Waals surface area (Å²) in [5, 5.41) is 22.5. The Balaban J connectivity index is 1.94. The van der Waals surface area contributed by atoms with Gasteiger partial charge in [0.25, 0.3) is 0 Å². The zero-order valence-electron chi connectivity index (χ0n) is 18.4. The van der Waals surface area contributed by atoms with Crippen molar-refractivity contribution in [1.82, 2.24) is 0 Å². The molecule has 34 heavy (non-hydrogen) atoms. The van der Waals surface area contributed by atoms with E-state index < -0.39 is 20.5 Å². The van der Waals surface area contributed by atoms with Crippen molar-refractivity contribution >= 4 is 45.9 Å². The minimum atomic E-state index is -1.89. The summed E-state index contributed by atoms with van der Waals surface area (Å²) >= 11 is 20.7. The summed E-state index contributed by atoms with van der Waals surface area (Å²) < 4.78 is -1.89. The van der Waals surface area contributed by atoms with Crippen LogP contribution >= 0.6 is 34.8 Å². The molecule has 0 spiro atoms. The van der Waals surface area contributed by atoms with Crippen LogP contribution in [0.5, 0.6) is 0 Å². The molecule has 2 aromatic rings. The molecule has 2 N–H and O–H groups in total. The Kier molecular flexibility index (Phi) is 5.61. The first-order valence-corrected chi connectivity index (χ1v) is 12.1. The van der Waals surface area contributed by atoms with E-state index in [1.54, 1.807) is 6.08 Å². The lowest BCUT2D eigenvalue weighted by Gasteiger charge is -2.51. The van der Waals surface area contributed by atoms with Gasteiger partial charge in [0.15, 0.2) is 3.79 Å². The zero-order chi connectivity index (χ0) is 24.3. The van der Waals surface area contributed by atoms with Crippen LogP contribution in [-0.2, 0) is 10.8 Å². The molecule has 0 saturated heterocycles. The molecule has 5 rings (SSSR count). The normalized spacial score (nSPS) is 26.7. The van der Waals surface area contributed by atoms with E-state index in [2.05, 4.69) is 18.9 Å². The third kappa shape index (κ3) is 2.85. The van der Waals surface area contributed by atoms with Crippen molar-refractivity contribution in [2.45, 2.75) is 14.6 Å². The minimum Gasteiger partial charge on any atom is -0.395 e. The number of fused-ring (bicyclic) bond motifs is 4. The van der Waals surface area contributed by atoms with Crippen LogP contribution in [0.15, 0.2) is 103 Å². The fourth-order valence-electron chi connectivity index (χ4n) is 6.39. The maximum absolute atomic E-state index is 11.2. The van der Waals surface area contributed by atoms with Gasteiger partial charge in [0.2, 0.25) is 0 Å². The Bertz CT molecular complexity index is 1350. The van der Waals surface area contributed by atoms with Gasteiger partial charge in [-0.3, -0.25) is 0 Å². The highest BCUT2D eigenvalue weighted by Crippen LogP contribution is 2.68. The minimum absolute atomic E-state index is 0.328. The van der Waals surface area contributed by atoms with Crippen LogP contribution in [0.3, 0.4) is 0 Å². The first-order chi connectivity index (χ1) is 16.3. The molecule has 3 aliphatic carbocycles. The monoisotopic (exact) mass is 508 g/mol. The van der Waals surface area contributed by atoms with Gasteiger partial charge in [-0.1, -0.05) is 109 Å². The van der Waals surface area contributed by atoms with E-state index in [1.165, 1.54) is 0 Å². The third-order valence-electron chi connectivity index (χ3n) is 7.54.